The Kier molecular flexibility index (Phi) is 5.49. The fourth-order valence-electron chi connectivity index (χ4n) is 8.14. The van der Waals surface area contributed by atoms with Gasteiger partial charge in [-0.2, -0.15) is 0 Å². The van der Waals surface area contributed by atoms with E-state index >= 15 is 0 Å². The second-order valence-electron chi connectivity index (χ2n) is 11.6. The summed E-state index contributed by atoms with van der Waals surface area (Å²) in [4.78, 5) is 0.454. The van der Waals surface area contributed by atoms with Crippen LogP contribution >= 0.6 is 0 Å². The first-order chi connectivity index (χ1) is 15.1. The van der Waals surface area contributed by atoms with E-state index in [9.17, 15) is 13.5 Å². The number of allylic oxidation sites excluding steroid dienone is 3. The highest BCUT2D eigenvalue weighted by Crippen LogP contribution is 2.65. The Balaban J connectivity index is 1.39. The fraction of sp³-hybridized carbons (Fsp3) is 0.643. The van der Waals surface area contributed by atoms with Crippen LogP contribution < -0.4 is 0 Å². The van der Waals surface area contributed by atoms with Gasteiger partial charge in [-0.3, -0.25) is 0 Å². The molecule has 4 aliphatic rings. The molecule has 0 heterocycles. The molecule has 0 radical (unpaired) electrons. The van der Waals surface area contributed by atoms with E-state index in [0.29, 0.717) is 22.6 Å². The van der Waals surface area contributed by atoms with E-state index in [1.165, 1.54) is 24.8 Å². The minimum Gasteiger partial charge on any atom is -0.393 e. The van der Waals surface area contributed by atoms with E-state index < -0.39 is 9.84 Å². The van der Waals surface area contributed by atoms with Crippen LogP contribution in [0.3, 0.4) is 0 Å². The Hall–Kier alpha value is -1.39. The maximum absolute atomic E-state index is 13.1. The van der Waals surface area contributed by atoms with E-state index in [1.807, 2.05) is 18.2 Å². The molecule has 32 heavy (non-hydrogen) atoms. The van der Waals surface area contributed by atoms with Gasteiger partial charge >= 0.3 is 0 Å². The average molecular weight is 455 g/mol. The van der Waals surface area contributed by atoms with Crippen LogP contribution in [0.2, 0.25) is 0 Å². The summed E-state index contributed by atoms with van der Waals surface area (Å²) in [6.45, 7) is 7.05. The van der Waals surface area contributed by atoms with E-state index in [2.05, 4.69) is 32.9 Å². The van der Waals surface area contributed by atoms with Crippen LogP contribution in [0, 0.1) is 34.5 Å². The molecule has 174 valence electrons. The summed E-state index contributed by atoms with van der Waals surface area (Å²) < 4.78 is 26.2. The molecule has 7 atom stereocenters. The molecular formula is C28H38O3S. The second-order valence-corrected chi connectivity index (χ2v) is 13.6. The molecule has 4 aliphatic carbocycles. The second kappa shape index (κ2) is 7.84. The fourth-order valence-corrected chi connectivity index (χ4v) is 9.83. The van der Waals surface area contributed by atoms with Gasteiger partial charge in [0.05, 0.1) is 16.8 Å². The number of rotatable bonds is 4. The Morgan fingerprint density at radius 2 is 1.75 bits per heavy atom. The van der Waals surface area contributed by atoms with Gasteiger partial charge in [-0.25, -0.2) is 8.42 Å². The molecule has 1 N–H and O–H groups in total. The summed E-state index contributed by atoms with van der Waals surface area (Å²) in [5.74, 6) is 2.00. The zero-order valence-electron chi connectivity index (χ0n) is 19.8. The first kappa shape index (κ1) is 22.4. The third-order valence-corrected chi connectivity index (χ3v) is 11.8. The normalized spacial score (nSPS) is 39.9. The van der Waals surface area contributed by atoms with Crippen LogP contribution in [-0.4, -0.2) is 25.4 Å². The lowest BCUT2D eigenvalue weighted by Crippen LogP contribution is -2.46. The molecular weight excluding hydrogens is 416 g/mol. The molecule has 2 unspecified atom stereocenters. The van der Waals surface area contributed by atoms with Crippen LogP contribution in [0.5, 0.6) is 0 Å². The number of fused-ring (bicyclic) bond motifs is 5. The largest absolute Gasteiger partial charge is 0.393 e. The third-order valence-electron chi connectivity index (χ3n) is 9.89. The molecule has 3 nitrogen and oxygen atoms in total. The molecule has 0 spiro atoms. The van der Waals surface area contributed by atoms with Crippen molar-refractivity contribution >= 4 is 9.84 Å². The SMILES string of the molecule is CC(CS(=O)(=O)c1ccccc1)[C@H]1CC[C@H]2C3=CC=C4CC(O)CC[C@]4(C)[C@H]3CC[C@]12C. The summed E-state index contributed by atoms with van der Waals surface area (Å²) >= 11 is 0. The summed E-state index contributed by atoms with van der Waals surface area (Å²) in [7, 11) is -3.26. The van der Waals surface area contributed by atoms with Crippen LogP contribution in [0.15, 0.2) is 58.5 Å². The van der Waals surface area contributed by atoms with Gasteiger partial charge in [0.25, 0.3) is 0 Å². The van der Waals surface area contributed by atoms with Crippen molar-refractivity contribution in [2.45, 2.75) is 76.7 Å². The quantitative estimate of drug-likeness (QED) is 0.611. The molecule has 1 aromatic rings. The molecule has 0 bridgehead atoms. The minimum atomic E-state index is -3.26. The first-order valence-electron chi connectivity index (χ1n) is 12.5. The molecule has 0 aliphatic heterocycles. The predicted octanol–water partition coefficient (Wildman–Crippen LogP) is 5.96. The molecule has 1 aromatic carbocycles. The molecule has 4 heteroatoms. The number of sulfone groups is 1. The number of aliphatic hydroxyl groups is 1. The summed E-state index contributed by atoms with van der Waals surface area (Å²) in [6.07, 6.45) is 12.1. The maximum Gasteiger partial charge on any atom is 0.178 e. The van der Waals surface area contributed by atoms with Gasteiger partial charge in [-0.15, -0.1) is 0 Å². The monoisotopic (exact) mass is 454 g/mol. The van der Waals surface area contributed by atoms with Crippen molar-refractivity contribution in [3.05, 3.63) is 53.6 Å². The van der Waals surface area contributed by atoms with Gasteiger partial charge in [0.2, 0.25) is 0 Å². The zero-order valence-corrected chi connectivity index (χ0v) is 20.6. The molecule has 5 rings (SSSR count). The van der Waals surface area contributed by atoms with Crippen molar-refractivity contribution in [1.82, 2.24) is 0 Å². The van der Waals surface area contributed by atoms with Crippen LogP contribution in [0.4, 0.5) is 0 Å². The third kappa shape index (κ3) is 3.44. The van der Waals surface area contributed by atoms with Gasteiger partial charge in [-0.05, 0) is 91.6 Å². The highest BCUT2D eigenvalue weighted by atomic mass is 32.2. The Morgan fingerprint density at radius 1 is 1.00 bits per heavy atom. The molecule has 3 fully saturated rings. The van der Waals surface area contributed by atoms with Crippen LogP contribution in [-0.2, 0) is 9.84 Å². The lowest BCUT2D eigenvalue weighted by atomic mass is 9.50. The van der Waals surface area contributed by atoms with Crippen molar-refractivity contribution < 1.29 is 13.5 Å². The lowest BCUT2D eigenvalue weighted by molar-refractivity contribution is 0.0360. The maximum atomic E-state index is 13.1. The van der Waals surface area contributed by atoms with E-state index in [4.69, 9.17) is 0 Å². The number of aliphatic hydroxyl groups excluding tert-OH is 1. The zero-order chi connectivity index (χ0) is 22.7. The highest BCUT2D eigenvalue weighted by molar-refractivity contribution is 7.91. The van der Waals surface area contributed by atoms with Crippen molar-refractivity contribution in [2.75, 3.05) is 5.75 Å². The number of benzene rings is 1. The van der Waals surface area contributed by atoms with Crippen LogP contribution in [0.1, 0.15) is 65.7 Å². The molecule has 0 aromatic heterocycles. The smallest absolute Gasteiger partial charge is 0.178 e. The summed E-state index contributed by atoms with van der Waals surface area (Å²) in [5, 5.41) is 10.2. The summed E-state index contributed by atoms with van der Waals surface area (Å²) in [5.41, 5.74) is 3.46. The van der Waals surface area contributed by atoms with Crippen molar-refractivity contribution in [3.8, 4) is 0 Å². The standard InChI is InChI=1S/C28H38O3S/c1-19(18-32(30,31)22-7-5-4-6-8-22)24-11-12-25-23-10-9-20-17-21(29)13-15-27(20,2)26(23)14-16-28(24,25)3/h4-10,19,21,24-26,29H,11-18H2,1-3H3/t19?,21?,24-,25+,26+,27+,28-/m1/s1. The topological polar surface area (TPSA) is 54.4 Å². The van der Waals surface area contributed by atoms with E-state index in [1.54, 1.807) is 17.7 Å². The average Bonchev–Trinajstić information content (AvgIpc) is 3.12. The van der Waals surface area contributed by atoms with Gasteiger partial charge in [0, 0.05) is 0 Å². The van der Waals surface area contributed by atoms with E-state index in [-0.39, 0.29) is 28.6 Å². The van der Waals surface area contributed by atoms with Crippen LogP contribution in [0.25, 0.3) is 0 Å². The predicted molar refractivity (Wildman–Crippen MR) is 129 cm³/mol. The Labute approximate surface area is 193 Å². The van der Waals surface area contributed by atoms with Gasteiger partial charge in [0.15, 0.2) is 9.84 Å². The molecule has 3 saturated carbocycles. The first-order valence-corrected chi connectivity index (χ1v) is 14.2. The molecule has 0 saturated heterocycles. The summed E-state index contributed by atoms with van der Waals surface area (Å²) in [6, 6.07) is 8.95. The Morgan fingerprint density at radius 3 is 2.50 bits per heavy atom. The minimum absolute atomic E-state index is 0.155. The van der Waals surface area contributed by atoms with Gasteiger partial charge < -0.3 is 5.11 Å². The molecule has 0 amide bonds. The van der Waals surface area contributed by atoms with Gasteiger partial charge in [0.1, 0.15) is 0 Å². The van der Waals surface area contributed by atoms with Gasteiger partial charge in [-0.1, -0.05) is 62.3 Å². The Bertz CT molecular complexity index is 1040. The number of hydrogen-bond acceptors (Lipinski definition) is 3. The van der Waals surface area contributed by atoms with Crippen molar-refractivity contribution in [3.63, 3.8) is 0 Å². The lowest BCUT2D eigenvalue weighted by Gasteiger charge is -2.55. The van der Waals surface area contributed by atoms with Crippen molar-refractivity contribution in [1.29, 1.82) is 0 Å². The highest BCUT2D eigenvalue weighted by Gasteiger charge is 2.57. The van der Waals surface area contributed by atoms with Crippen molar-refractivity contribution in [2.24, 2.45) is 34.5 Å². The van der Waals surface area contributed by atoms with E-state index in [0.717, 1.165) is 25.7 Å². The number of hydrogen-bond donors (Lipinski definition) is 1.